The molecule has 0 aliphatic heterocycles. The van der Waals surface area contributed by atoms with Gasteiger partial charge in [0.05, 0.1) is 12.2 Å². The van der Waals surface area contributed by atoms with Crippen LogP contribution in [-0.2, 0) is 19.6 Å². The Balaban J connectivity index is 2.81. The van der Waals surface area contributed by atoms with Crippen molar-refractivity contribution < 1.29 is 23.1 Å². The summed E-state index contributed by atoms with van der Waals surface area (Å²) in [5, 5.41) is 11.1. The van der Waals surface area contributed by atoms with Crippen LogP contribution in [0.1, 0.15) is 18.9 Å². The third-order valence-electron chi connectivity index (χ3n) is 2.40. The number of benzene rings is 1. The lowest BCUT2D eigenvalue weighted by Gasteiger charge is -2.11. The van der Waals surface area contributed by atoms with Crippen LogP contribution in [0, 0.1) is 6.92 Å². The van der Waals surface area contributed by atoms with Crippen LogP contribution in [0.15, 0.2) is 18.2 Å². The molecule has 1 aromatic carbocycles. The number of hydrogen-bond acceptors (Lipinski definition) is 4. The molecular weight excluding hydrogens is 284 g/mol. The number of aliphatic carboxylic acids is 1. The maximum Gasteiger partial charge on any atom is 0.304 e. The van der Waals surface area contributed by atoms with Crippen molar-refractivity contribution in [1.82, 2.24) is 0 Å². The van der Waals surface area contributed by atoms with Crippen molar-refractivity contribution in [3.63, 3.8) is 0 Å². The SMILES string of the molecule is CC(=O)Nc1ccc(NS(=O)(=O)CCC(=O)O)cc1C. The van der Waals surface area contributed by atoms with Gasteiger partial charge in [-0.1, -0.05) is 0 Å². The predicted molar refractivity (Wildman–Crippen MR) is 75.1 cm³/mol. The van der Waals surface area contributed by atoms with E-state index in [4.69, 9.17) is 5.11 Å². The molecule has 0 bridgehead atoms. The first-order valence-electron chi connectivity index (χ1n) is 5.80. The molecule has 7 nitrogen and oxygen atoms in total. The molecule has 0 saturated carbocycles. The number of anilines is 2. The largest absolute Gasteiger partial charge is 0.481 e. The van der Waals surface area contributed by atoms with Crippen molar-refractivity contribution >= 4 is 33.3 Å². The molecule has 0 aliphatic carbocycles. The van der Waals surface area contributed by atoms with Crippen molar-refractivity contribution in [2.24, 2.45) is 0 Å². The number of carbonyl (C=O) groups excluding carboxylic acids is 1. The number of carboxylic acids is 1. The van der Waals surface area contributed by atoms with Gasteiger partial charge in [-0.3, -0.25) is 14.3 Å². The number of amides is 1. The van der Waals surface area contributed by atoms with Crippen LogP contribution < -0.4 is 10.0 Å². The topological polar surface area (TPSA) is 113 Å². The summed E-state index contributed by atoms with van der Waals surface area (Å²) in [5.74, 6) is -1.88. The van der Waals surface area contributed by atoms with Crippen molar-refractivity contribution in [3.8, 4) is 0 Å². The molecule has 0 aliphatic rings. The monoisotopic (exact) mass is 300 g/mol. The number of carboxylic acid groups (broad SMARTS) is 1. The molecule has 20 heavy (non-hydrogen) atoms. The number of hydrogen-bond donors (Lipinski definition) is 3. The van der Waals surface area contributed by atoms with Crippen LogP contribution in [0.5, 0.6) is 0 Å². The quantitative estimate of drug-likeness (QED) is 0.730. The van der Waals surface area contributed by atoms with Crippen molar-refractivity contribution in [1.29, 1.82) is 0 Å². The van der Waals surface area contributed by atoms with Gasteiger partial charge in [-0.2, -0.15) is 0 Å². The van der Waals surface area contributed by atoms with E-state index < -0.39 is 28.2 Å². The molecule has 0 fully saturated rings. The van der Waals surface area contributed by atoms with E-state index in [2.05, 4.69) is 10.0 Å². The summed E-state index contributed by atoms with van der Waals surface area (Å²) in [4.78, 5) is 21.3. The Labute approximate surface area is 117 Å². The number of sulfonamides is 1. The van der Waals surface area contributed by atoms with Gasteiger partial charge in [0.1, 0.15) is 0 Å². The summed E-state index contributed by atoms with van der Waals surface area (Å²) in [6.07, 6.45) is -0.460. The molecule has 8 heteroatoms. The fourth-order valence-electron chi connectivity index (χ4n) is 1.51. The molecule has 0 heterocycles. The lowest BCUT2D eigenvalue weighted by atomic mass is 10.2. The molecule has 0 unspecified atom stereocenters. The van der Waals surface area contributed by atoms with E-state index >= 15 is 0 Å². The number of aryl methyl sites for hydroxylation is 1. The Bertz CT molecular complexity index is 625. The molecule has 1 rings (SSSR count). The van der Waals surface area contributed by atoms with E-state index in [1.54, 1.807) is 19.1 Å². The van der Waals surface area contributed by atoms with Crippen LogP contribution in [-0.4, -0.2) is 31.2 Å². The Hall–Kier alpha value is -2.09. The van der Waals surface area contributed by atoms with Crippen molar-refractivity contribution in [2.75, 3.05) is 15.8 Å². The standard InChI is InChI=1S/C12H16N2O5S/c1-8-7-10(3-4-11(8)13-9(2)15)14-20(18,19)6-5-12(16)17/h3-4,7,14H,5-6H2,1-2H3,(H,13,15)(H,16,17). The van der Waals surface area contributed by atoms with Crippen LogP contribution in [0.2, 0.25) is 0 Å². The first-order valence-corrected chi connectivity index (χ1v) is 7.45. The summed E-state index contributed by atoms with van der Waals surface area (Å²) in [5.41, 5.74) is 1.60. The van der Waals surface area contributed by atoms with Crippen LogP contribution in [0.4, 0.5) is 11.4 Å². The number of nitrogens with one attached hydrogen (secondary N) is 2. The zero-order valence-corrected chi connectivity index (χ0v) is 12.0. The second kappa shape index (κ2) is 6.38. The second-order valence-electron chi connectivity index (χ2n) is 4.28. The summed E-state index contributed by atoms with van der Waals surface area (Å²) in [7, 11) is -3.70. The molecule has 0 saturated heterocycles. The minimum Gasteiger partial charge on any atom is -0.481 e. The molecule has 3 N–H and O–H groups in total. The maximum atomic E-state index is 11.6. The Kier molecular flexibility index (Phi) is 5.09. The van der Waals surface area contributed by atoms with Gasteiger partial charge in [0.15, 0.2) is 0 Å². The zero-order chi connectivity index (χ0) is 15.3. The summed E-state index contributed by atoms with van der Waals surface area (Å²) >= 11 is 0. The van der Waals surface area contributed by atoms with Gasteiger partial charge in [0.25, 0.3) is 0 Å². The first-order chi connectivity index (χ1) is 9.19. The fourth-order valence-corrected chi connectivity index (χ4v) is 2.54. The van der Waals surface area contributed by atoms with E-state index in [1.165, 1.54) is 13.0 Å². The fraction of sp³-hybridized carbons (Fsp3) is 0.333. The highest BCUT2D eigenvalue weighted by molar-refractivity contribution is 7.92. The normalized spacial score (nSPS) is 10.9. The van der Waals surface area contributed by atoms with Gasteiger partial charge < -0.3 is 10.4 Å². The highest BCUT2D eigenvalue weighted by atomic mass is 32.2. The second-order valence-corrected chi connectivity index (χ2v) is 6.12. The Morgan fingerprint density at radius 3 is 2.45 bits per heavy atom. The molecule has 1 amide bonds. The maximum absolute atomic E-state index is 11.6. The van der Waals surface area contributed by atoms with Crippen molar-refractivity contribution in [2.45, 2.75) is 20.3 Å². The molecule has 0 radical (unpaired) electrons. The van der Waals surface area contributed by atoms with Crippen LogP contribution in [0.3, 0.4) is 0 Å². The molecular formula is C12H16N2O5S. The highest BCUT2D eigenvalue weighted by Crippen LogP contribution is 2.20. The number of carbonyl (C=O) groups is 2. The predicted octanol–water partition coefficient (Wildman–Crippen LogP) is 1.17. The van der Waals surface area contributed by atoms with Crippen LogP contribution >= 0.6 is 0 Å². The lowest BCUT2D eigenvalue weighted by Crippen LogP contribution is -2.19. The Morgan fingerprint density at radius 1 is 1.30 bits per heavy atom. The molecule has 0 spiro atoms. The molecule has 1 aromatic rings. The minimum atomic E-state index is -3.70. The van der Waals surface area contributed by atoms with Gasteiger partial charge in [0.2, 0.25) is 15.9 Å². The van der Waals surface area contributed by atoms with Gasteiger partial charge in [0, 0.05) is 18.3 Å². The van der Waals surface area contributed by atoms with E-state index in [0.717, 1.165) is 0 Å². The van der Waals surface area contributed by atoms with Crippen LogP contribution in [0.25, 0.3) is 0 Å². The molecule has 110 valence electrons. The first kappa shape index (κ1) is 16.0. The highest BCUT2D eigenvalue weighted by Gasteiger charge is 2.13. The van der Waals surface area contributed by atoms with Gasteiger partial charge in [-0.15, -0.1) is 0 Å². The van der Waals surface area contributed by atoms with Gasteiger partial charge in [-0.25, -0.2) is 8.42 Å². The third-order valence-corrected chi connectivity index (χ3v) is 3.68. The lowest BCUT2D eigenvalue weighted by molar-refractivity contribution is -0.136. The number of rotatable bonds is 6. The van der Waals surface area contributed by atoms with E-state index in [-0.39, 0.29) is 5.91 Å². The average molecular weight is 300 g/mol. The summed E-state index contributed by atoms with van der Waals surface area (Å²) < 4.78 is 25.6. The third kappa shape index (κ3) is 5.27. The zero-order valence-electron chi connectivity index (χ0n) is 11.1. The minimum absolute atomic E-state index is 0.220. The average Bonchev–Trinajstić information content (AvgIpc) is 2.29. The van der Waals surface area contributed by atoms with Crippen molar-refractivity contribution in [3.05, 3.63) is 23.8 Å². The smallest absolute Gasteiger partial charge is 0.304 e. The van der Waals surface area contributed by atoms with E-state index in [1.807, 2.05) is 0 Å². The Morgan fingerprint density at radius 2 is 1.95 bits per heavy atom. The summed E-state index contributed by atoms with van der Waals surface area (Å²) in [6, 6.07) is 4.63. The molecule has 0 atom stereocenters. The molecule has 0 aromatic heterocycles. The van der Waals surface area contributed by atoms with Gasteiger partial charge in [-0.05, 0) is 30.7 Å². The van der Waals surface area contributed by atoms with Gasteiger partial charge >= 0.3 is 5.97 Å². The van der Waals surface area contributed by atoms with E-state index in [9.17, 15) is 18.0 Å². The van der Waals surface area contributed by atoms with E-state index in [0.29, 0.717) is 16.9 Å². The summed E-state index contributed by atoms with van der Waals surface area (Å²) in [6.45, 7) is 3.10.